The van der Waals surface area contributed by atoms with E-state index in [1.54, 1.807) is 0 Å². The van der Waals surface area contributed by atoms with Gasteiger partial charge in [0.15, 0.2) is 5.17 Å². The van der Waals surface area contributed by atoms with Crippen LogP contribution in [0.25, 0.3) is 0 Å². The van der Waals surface area contributed by atoms with Crippen molar-refractivity contribution in [3.63, 3.8) is 0 Å². The molecule has 4 rings (SSSR count). The van der Waals surface area contributed by atoms with Crippen LogP contribution in [0.5, 0.6) is 0 Å². The third-order valence-corrected chi connectivity index (χ3v) is 6.91. The van der Waals surface area contributed by atoms with Gasteiger partial charge in [0.2, 0.25) is 5.91 Å². The molecule has 1 fully saturated rings. The van der Waals surface area contributed by atoms with E-state index in [0.717, 1.165) is 16.4 Å². The Balaban J connectivity index is 1.69. The number of benzene rings is 1. The van der Waals surface area contributed by atoms with Crippen molar-refractivity contribution in [2.75, 3.05) is 33.4 Å². The van der Waals surface area contributed by atoms with Crippen molar-refractivity contribution < 1.29 is 19.1 Å². The number of carbonyl (C=O) groups excluding carboxylic acids is 2. The first-order chi connectivity index (χ1) is 15.4. The van der Waals surface area contributed by atoms with E-state index in [-0.39, 0.29) is 12.3 Å². The molecule has 1 aromatic carbocycles. The molecule has 0 spiro atoms. The zero-order valence-corrected chi connectivity index (χ0v) is 19.8. The Morgan fingerprint density at radius 3 is 2.53 bits per heavy atom. The number of aliphatic imine (C=N–C) groups is 1. The van der Waals surface area contributed by atoms with Crippen LogP contribution < -0.4 is 0 Å². The lowest BCUT2D eigenvalue weighted by atomic mass is 9.92. The Morgan fingerprint density at radius 2 is 1.91 bits per heavy atom. The number of rotatable bonds is 5. The number of morpholine rings is 1. The Labute approximate surface area is 193 Å². The number of allylic oxidation sites excluding steroid dienone is 1. The molecule has 3 aliphatic heterocycles. The Kier molecular flexibility index (Phi) is 6.71. The highest BCUT2D eigenvalue weighted by molar-refractivity contribution is 8.16. The first-order valence-corrected chi connectivity index (χ1v) is 11.8. The molecule has 1 unspecified atom stereocenters. The lowest BCUT2D eigenvalue weighted by Crippen LogP contribution is -2.42. The minimum Gasteiger partial charge on any atom is -0.466 e. The van der Waals surface area contributed by atoms with Gasteiger partial charge in [-0.05, 0) is 29.4 Å². The van der Waals surface area contributed by atoms with E-state index >= 15 is 0 Å². The zero-order valence-electron chi connectivity index (χ0n) is 19.0. The van der Waals surface area contributed by atoms with Gasteiger partial charge in [0, 0.05) is 18.8 Å². The number of methoxy groups -OCH3 is 1. The number of fused-ring (bicyclic) bond motifs is 1. The summed E-state index contributed by atoms with van der Waals surface area (Å²) in [5.74, 6) is 0.0639. The molecule has 0 bridgehead atoms. The SMILES string of the molecule is COC(=O)C1=C(C)N=C2SC=C(CC(=O)N3CCOCC3)N2C1c1ccc(C(C)C)cc1. The van der Waals surface area contributed by atoms with Gasteiger partial charge in [0.05, 0.1) is 44.1 Å². The summed E-state index contributed by atoms with van der Waals surface area (Å²) >= 11 is 1.49. The fourth-order valence-corrected chi connectivity index (χ4v) is 5.16. The molecule has 3 heterocycles. The van der Waals surface area contributed by atoms with Crippen molar-refractivity contribution in [3.8, 4) is 0 Å². The van der Waals surface area contributed by atoms with Crippen LogP contribution in [-0.2, 0) is 19.1 Å². The topological polar surface area (TPSA) is 71.4 Å². The van der Waals surface area contributed by atoms with Crippen molar-refractivity contribution >= 4 is 28.8 Å². The Bertz CT molecular complexity index is 991. The molecule has 1 saturated heterocycles. The van der Waals surface area contributed by atoms with E-state index in [0.29, 0.717) is 43.5 Å². The van der Waals surface area contributed by atoms with Crippen LogP contribution in [0.15, 0.2) is 51.6 Å². The maximum absolute atomic E-state index is 13.0. The van der Waals surface area contributed by atoms with Gasteiger partial charge in [-0.25, -0.2) is 9.79 Å². The van der Waals surface area contributed by atoms with E-state index < -0.39 is 12.0 Å². The van der Waals surface area contributed by atoms with Crippen LogP contribution in [0.1, 0.15) is 50.3 Å². The van der Waals surface area contributed by atoms with Gasteiger partial charge in [0.25, 0.3) is 0 Å². The molecule has 1 atom stereocenters. The number of esters is 1. The lowest BCUT2D eigenvalue weighted by molar-refractivity contribution is -0.136. The van der Waals surface area contributed by atoms with Crippen molar-refractivity contribution in [3.05, 3.63) is 57.8 Å². The zero-order chi connectivity index (χ0) is 22.8. The van der Waals surface area contributed by atoms with Gasteiger partial charge in [-0.15, -0.1) is 0 Å². The van der Waals surface area contributed by atoms with Gasteiger partial charge < -0.3 is 19.3 Å². The van der Waals surface area contributed by atoms with E-state index in [2.05, 4.69) is 43.1 Å². The molecule has 0 aromatic heterocycles. The van der Waals surface area contributed by atoms with Crippen LogP contribution in [-0.4, -0.2) is 60.3 Å². The van der Waals surface area contributed by atoms with Crippen molar-refractivity contribution in [1.29, 1.82) is 0 Å². The monoisotopic (exact) mass is 455 g/mol. The predicted molar refractivity (Wildman–Crippen MR) is 125 cm³/mol. The predicted octanol–water partition coefficient (Wildman–Crippen LogP) is 3.81. The molecular formula is C24H29N3O4S. The third-order valence-electron chi connectivity index (χ3n) is 6.02. The molecule has 170 valence electrons. The largest absolute Gasteiger partial charge is 0.466 e. The average molecular weight is 456 g/mol. The van der Waals surface area contributed by atoms with E-state index in [1.165, 1.54) is 24.4 Å². The highest BCUT2D eigenvalue weighted by Crippen LogP contribution is 2.45. The summed E-state index contributed by atoms with van der Waals surface area (Å²) in [4.78, 5) is 34.3. The summed E-state index contributed by atoms with van der Waals surface area (Å²) in [5.41, 5.74) is 4.18. The molecule has 0 saturated carbocycles. The highest BCUT2D eigenvalue weighted by Gasteiger charge is 2.41. The van der Waals surface area contributed by atoms with Crippen LogP contribution in [0.3, 0.4) is 0 Å². The smallest absolute Gasteiger partial charge is 0.338 e. The summed E-state index contributed by atoms with van der Waals surface area (Å²) < 4.78 is 10.5. The van der Waals surface area contributed by atoms with Crippen LogP contribution >= 0.6 is 11.8 Å². The summed E-state index contributed by atoms with van der Waals surface area (Å²) in [6.45, 7) is 8.48. The fraction of sp³-hybridized carbons (Fsp3) is 0.458. The van der Waals surface area contributed by atoms with Crippen LogP contribution in [0.4, 0.5) is 0 Å². The quantitative estimate of drug-likeness (QED) is 0.629. The molecule has 1 aromatic rings. The lowest BCUT2D eigenvalue weighted by Gasteiger charge is -2.37. The van der Waals surface area contributed by atoms with Crippen molar-refractivity contribution in [2.24, 2.45) is 4.99 Å². The number of amidine groups is 1. The third kappa shape index (κ3) is 4.34. The molecule has 7 nitrogen and oxygen atoms in total. The summed E-state index contributed by atoms with van der Waals surface area (Å²) in [5, 5.41) is 2.75. The molecule has 0 aliphatic carbocycles. The normalized spacial score (nSPS) is 20.8. The summed E-state index contributed by atoms with van der Waals surface area (Å²) in [6, 6.07) is 7.92. The van der Waals surface area contributed by atoms with E-state index in [9.17, 15) is 9.59 Å². The first kappa shape index (κ1) is 22.6. The second-order valence-electron chi connectivity index (χ2n) is 8.38. The molecular weight excluding hydrogens is 426 g/mol. The fourth-order valence-electron chi connectivity index (χ4n) is 4.20. The van der Waals surface area contributed by atoms with Gasteiger partial charge >= 0.3 is 5.97 Å². The number of nitrogens with zero attached hydrogens (tertiary/aromatic N) is 3. The van der Waals surface area contributed by atoms with Gasteiger partial charge in [0.1, 0.15) is 0 Å². The van der Waals surface area contributed by atoms with Crippen molar-refractivity contribution in [1.82, 2.24) is 9.80 Å². The van der Waals surface area contributed by atoms with Gasteiger partial charge in [-0.1, -0.05) is 49.9 Å². The number of carbonyl (C=O) groups is 2. The minimum atomic E-state index is -0.404. The second kappa shape index (κ2) is 9.50. The highest BCUT2D eigenvalue weighted by atomic mass is 32.2. The molecule has 0 radical (unpaired) electrons. The second-order valence-corrected chi connectivity index (χ2v) is 9.21. The van der Waals surface area contributed by atoms with Gasteiger partial charge in [-0.2, -0.15) is 0 Å². The maximum Gasteiger partial charge on any atom is 0.338 e. The summed E-state index contributed by atoms with van der Waals surface area (Å²) in [6.07, 6.45) is 0.250. The number of hydrogen-bond donors (Lipinski definition) is 0. The molecule has 8 heteroatoms. The van der Waals surface area contributed by atoms with Crippen molar-refractivity contribution in [2.45, 2.75) is 39.2 Å². The average Bonchev–Trinajstić information content (AvgIpc) is 3.20. The number of hydrogen-bond acceptors (Lipinski definition) is 7. The van der Waals surface area contributed by atoms with Gasteiger partial charge in [-0.3, -0.25) is 4.79 Å². The molecule has 3 aliphatic rings. The number of ether oxygens (including phenoxy) is 2. The molecule has 1 amide bonds. The Hall–Kier alpha value is -2.58. The number of amides is 1. The van der Waals surface area contributed by atoms with Crippen LogP contribution in [0.2, 0.25) is 0 Å². The molecule has 32 heavy (non-hydrogen) atoms. The minimum absolute atomic E-state index is 0.0567. The molecule has 0 N–H and O–H groups in total. The summed E-state index contributed by atoms with van der Waals surface area (Å²) in [7, 11) is 1.39. The van der Waals surface area contributed by atoms with E-state index in [1.807, 2.05) is 22.1 Å². The Morgan fingerprint density at radius 1 is 1.22 bits per heavy atom. The number of thioether (sulfide) groups is 1. The van der Waals surface area contributed by atoms with Crippen LogP contribution in [0, 0.1) is 0 Å². The standard InChI is InChI=1S/C24H29N3O4S/c1-15(2)17-5-7-18(8-6-17)22-21(23(29)30-4)16(3)25-24-27(22)19(14-32-24)13-20(28)26-9-11-31-12-10-26/h5-8,14-15,22H,9-13H2,1-4H3. The van der Waals surface area contributed by atoms with E-state index in [4.69, 9.17) is 9.47 Å². The first-order valence-electron chi connectivity index (χ1n) is 10.9. The maximum atomic E-state index is 13.0.